The molecular weight excluding hydrogens is 326 g/mol. The van der Waals surface area contributed by atoms with Crippen LogP contribution in [0.25, 0.3) is 17.0 Å². The topological polar surface area (TPSA) is 40.5 Å². The summed E-state index contributed by atoms with van der Waals surface area (Å²) in [6.07, 6.45) is 3.91. The van der Waals surface area contributed by atoms with E-state index >= 15 is 0 Å². The van der Waals surface area contributed by atoms with Gasteiger partial charge in [0, 0.05) is 35.3 Å². The summed E-state index contributed by atoms with van der Waals surface area (Å²) in [4.78, 5) is 12.9. The average Bonchev–Trinajstić information content (AvgIpc) is 3.14. The Labute approximate surface area is 152 Å². The first kappa shape index (κ1) is 16.5. The van der Waals surface area contributed by atoms with Crippen LogP contribution in [0.1, 0.15) is 35.3 Å². The second kappa shape index (κ2) is 6.37. The number of aromatic nitrogens is 1. The van der Waals surface area contributed by atoms with Crippen LogP contribution >= 0.6 is 0 Å². The van der Waals surface area contributed by atoms with Gasteiger partial charge in [-0.25, -0.2) is 0 Å². The lowest BCUT2D eigenvalue weighted by Crippen LogP contribution is -1.99. The third kappa shape index (κ3) is 2.58. The van der Waals surface area contributed by atoms with Gasteiger partial charge in [-0.1, -0.05) is 18.2 Å². The number of nitrogens with zero attached hydrogens (tertiary/aromatic N) is 1. The zero-order valence-corrected chi connectivity index (χ0v) is 15.2. The van der Waals surface area contributed by atoms with Gasteiger partial charge in [-0.15, -0.1) is 0 Å². The van der Waals surface area contributed by atoms with E-state index in [9.17, 15) is 4.79 Å². The third-order valence-electron chi connectivity index (χ3n) is 4.70. The molecule has 0 amide bonds. The van der Waals surface area contributed by atoms with E-state index in [0.717, 1.165) is 34.3 Å². The van der Waals surface area contributed by atoms with Crippen LogP contribution in [0, 0.1) is 6.92 Å². The number of Topliss-reactive ketones (excluding diaryl/α,β-unsaturated/α-hetero) is 1. The van der Waals surface area contributed by atoms with Gasteiger partial charge >= 0.3 is 0 Å². The Morgan fingerprint density at radius 2 is 2.00 bits per heavy atom. The van der Waals surface area contributed by atoms with Crippen molar-refractivity contribution in [2.75, 3.05) is 6.61 Å². The Hall–Kier alpha value is -3.01. The number of para-hydroxylation sites is 1. The maximum absolute atomic E-state index is 12.9. The molecule has 0 radical (unpaired) electrons. The predicted molar refractivity (Wildman–Crippen MR) is 103 cm³/mol. The van der Waals surface area contributed by atoms with Gasteiger partial charge in [0.2, 0.25) is 5.78 Å². The Morgan fingerprint density at radius 1 is 1.19 bits per heavy atom. The van der Waals surface area contributed by atoms with Crippen molar-refractivity contribution >= 4 is 22.8 Å². The number of fused-ring (bicyclic) bond motifs is 2. The van der Waals surface area contributed by atoms with E-state index in [4.69, 9.17) is 9.47 Å². The fourth-order valence-electron chi connectivity index (χ4n) is 3.52. The number of hydrogen-bond acceptors (Lipinski definition) is 3. The van der Waals surface area contributed by atoms with Gasteiger partial charge in [0.05, 0.1) is 12.2 Å². The van der Waals surface area contributed by atoms with Gasteiger partial charge in [-0.2, -0.15) is 0 Å². The maximum Gasteiger partial charge on any atom is 0.232 e. The summed E-state index contributed by atoms with van der Waals surface area (Å²) < 4.78 is 13.6. The van der Waals surface area contributed by atoms with Crippen molar-refractivity contribution in [2.45, 2.75) is 27.3 Å². The lowest BCUT2D eigenvalue weighted by molar-refractivity contribution is 0.101. The molecule has 0 spiro atoms. The quantitative estimate of drug-likeness (QED) is 0.625. The van der Waals surface area contributed by atoms with E-state index in [1.54, 1.807) is 6.07 Å². The van der Waals surface area contributed by atoms with Crippen LogP contribution in [0.2, 0.25) is 0 Å². The van der Waals surface area contributed by atoms with Crippen molar-refractivity contribution in [3.05, 3.63) is 65.0 Å². The van der Waals surface area contributed by atoms with Crippen LogP contribution in [-0.2, 0) is 6.54 Å². The van der Waals surface area contributed by atoms with Gasteiger partial charge in [0.25, 0.3) is 0 Å². The summed E-state index contributed by atoms with van der Waals surface area (Å²) in [6, 6.07) is 11.9. The van der Waals surface area contributed by atoms with Crippen LogP contribution in [0.15, 0.2) is 48.4 Å². The summed E-state index contributed by atoms with van der Waals surface area (Å²) in [5.41, 5.74) is 3.63. The number of allylic oxidation sites excluding steroid dienone is 1. The van der Waals surface area contributed by atoms with Crippen molar-refractivity contribution in [1.82, 2.24) is 4.57 Å². The summed E-state index contributed by atoms with van der Waals surface area (Å²) in [5.74, 6) is 1.58. The molecule has 0 saturated heterocycles. The predicted octanol–water partition coefficient (Wildman–Crippen LogP) is 4.98. The molecule has 26 heavy (non-hydrogen) atoms. The van der Waals surface area contributed by atoms with E-state index in [2.05, 4.69) is 29.8 Å². The minimum atomic E-state index is -0.0751. The first-order valence-corrected chi connectivity index (χ1v) is 8.92. The molecule has 3 aromatic rings. The van der Waals surface area contributed by atoms with Crippen LogP contribution in [0.3, 0.4) is 0 Å². The molecule has 0 atom stereocenters. The normalized spacial score (nSPS) is 14.7. The first-order valence-electron chi connectivity index (χ1n) is 8.92. The number of hydrogen-bond donors (Lipinski definition) is 0. The van der Waals surface area contributed by atoms with Gasteiger partial charge in [-0.3, -0.25) is 4.79 Å². The van der Waals surface area contributed by atoms with Crippen molar-refractivity contribution in [1.29, 1.82) is 0 Å². The lowest BCUT2D eigenvalue weighted by Gasteiger charge is -2.06. The summed E-state index contributed by atoms with van der Waals surface area (Å²) in [7, 11) is 0. The van der Waals surface area contributed by atoms with Gasteiger partial charge in [-0.05, 0) is 44.5 Å². The zero-order valence-electron chi connectivity index (χ0n) is 15.2. The van der Waals surface area contributed by atoms with Crippen LogP contribution in [-0.4, -0.2) is 17.0 Å². The average molecular weight is 347 g/mol. The van der Waals surface area contributed by atoms with Crippen LogP contribution in [0.5, 0.6) is 11.5 Å². The van der Waals surface area contributed by atoms with E-state index in [-0.39, 0.29) is 5.78 Å². The largest absolute Gasteiger partial charge is 0.494 e. The van der Waals surface area contributed by atoms with Crippen molar-refractivity contribution in [3.63, 3.8) is 0 Å². The van der Waals surface area contributed by atoms with Gasteiger partial charge < -0.3 is 14.0 Å². The number of aryl methyl sites for hydroxylation is 2. The Kier molecular flexibility index (Phi) is 4.03. The van der Waals surface area contributed by atoms with Gasteiger partial charge in [0.1, 0.15) is 11.5 Å². The molecule has 1 aliphatic heterocycles. The smallest absolute Gasteiger partial charge is 0.232 e. The molecule has 4 heteroatoms. The molecule has 2 heterocycles. The Balaban J connectivity index is 1.78. The summed E-state index contributed by atoms with van der Waals surface area (Å²) in [6.45, 7) is 7.40. The number of rotatable bonds is 4. The summed E-state index contributed by atoms with van der Waals surface area (Å²) in [5, 5.41) is 1.11. The second-order valence-electron chi connectivity index (χ2n) is 6.37. The standard InChI is InChI=1S/C22H21NO3/c1-4-23-13-15(17-8-6-7-9-18(17)23)11-20-22(24)21-14(3)10-16(25-5-2)12-19(21)26-20/h6-13H,4-5H2,1-3H3/b20-11-. The highest BCUT2D eigenvalue weighted by Gasteiger charge is 2.30. The molecule has 1 aliphatic rings. The van der Waals surface area contributed by atoms with Gasteiger partial charge in [0.15, 0.2) is 5.76 Å². The molecule has 0 fully saturated rings. The van der Waals surface area contributed by atoms with Crippen LogP contribution < -0.4 is 9.47 Å². The molecule has 132 valence electrons. The number of carbonyl (C=O) groups excluding carboxylic acids is 1. The number of ether oxygens (including phenoxy) is 2. The molecule has 0 unspecified atom stereocenters. The Morgan fingerprint density at radius 3 is 2.77 bits per heavy atom. The molecule has 1 aromatic heterocycles. The lowest BCUT2D eigenvalue weighted by atomic mass is 10.0. The van der Waals surface area contributed by atoms with Crippen LogP contribution in [0.4, 0.5) is 0 Å². The molecule has 4 nitrogen and oxygen atoms in total. The molecule has 4 rings (SSSR count). The molecule has 0 saturated carbocycles. The molecular formula is C22H21NO3. The maximum atomic E-state index is 12.9. The Bertz CT molecular complexity index is 1040. The highest BCUT2D eigenvalue weighted by atomic mass is 16.5. The van der Waals surface area contributed by atoms with E-state index in [1.807, 2.05) is 38.1 Å². The minimum absolute atomic E-state index is 0.0751. The molecule has 2 aromatic carbocycles. The molecule has 0 aliphatic carbocycles. The monoisotopic (exact) mass is 347 g/mol. The zero-order chi connectivity index (χ0) is 18.3. The van der Waals surface area contributed by atoms with Crippen molar-refractivity contribution < 1.29 is 14.3 Å². The SMILES string of the molecule is CCOc1cc(C)c2c(c1)O/C(=C\c1cn(CC)c3ccccc13)C2=O. The van der Waals surface area contributed by atoms with E-state index < -0.39 is 0 Å². The first-order chi connectivity index (χ1) is 12.6. The van der Waals surface area contributed by atoms with Crippen molar-refractivity contribution in [3.8, 4) is 11.5 Å². The highest BCUT2D eigenvalue weighted by molar-refractivity contribution is 6.16. The fourth-order valence-corrected chi connectivity index (χ4v) is 3.52. The molecule has 0 bridgehead atoms. The number of ketones is 1. The fraction of sp³-hybridized carbons (Fsp3) is 0.227. The third-order valence-corrected chi connectivity index (χ3v) is 4.70. The van der Waals surface area contributed by atoms with E-state index in [0.29, 0.717) is 23.7 Å². The molecule has 0 N–H and O–H groups in total. The highest BCUT2D eigenvalue weighted by Crippen LogP contribution is 2.38. The number of benzene rings is 2. The number of carbonyl (C=O) groups is 1. The minimum Gasteiger partial charge on any atom is -0.494 e. The summed E-state index contributed by atoms with van der Waals surface area (Å²) >= 11 is 0. The van der Waals surface area contributed by atoms with E-state index in [1.165, 1.54) is 0 Å². The second-order valence-corrected chi connectivity index (χ2v) is 6.37. The van der Waals surface area contributed by atoms with Crippen molar-refractivity contribution in [2.24, 2.45) is 0 Å².